The molecule has 4 aromatic rings. The topological polar surface area (TPSA) is 167 Å². The van der Waals surface area contributed by atoms with E-state index in [1.54, 1.807) is 18.0 Å². The van der Waals surface area contributed by atoms with Crippen molar-refractivity contribution in [3.8, 4) is 0 Å². The van der Waals surface area contributed by atoms with Crippen molar-refractivity contribution in [2.24, 2.45) is 4.99 Å². The van der Waals surface area contributed by atoms with E-state index in [0.717, 1.165) is 40.2 Å². The molecule has 2 aromatic heterocycles. The summed E-state index contributed by atoms with van der Waals surface area (Å²) in [5.74, 6) is 1.11. The normalized spacial score (nSPS) is 13.0. The Morgan fingerprint density at radius 2 is 1.52 bits per heavy atom. The lowest BCUT2D eigenvalue weighted by atomic mass is 10.1. The van der Waals surface area contributed by atoms with Gasteiger partial charge in [0.15, 0.2) is 16.1 Å². The van der Waals surface area contributed by atoms with Crippen LogP contribution in [0.15, 0.2) is 64.1 Å². The number of hydrogen-bond acceptors (Lipinski definition) is 13. The summed E-state index contributed by atoms with van der Waals surface area (Å²) in [5.41, 5.74) is 6.57. The van der Waals surface area contributed by atoms with Crippen LogP contribution in [0.3, 0.4) is 0 Å². The lowest BCUT2D eigenvalue weighted by molar-refractivity contribution is 0.0526. The number of aromatic nitrogens is 4. The number of para-hydroxylation sites is 2. The zero-order valence-corrected chi connectivity index (χ0v) is 31.9. The average molecular weight is 743 g/mol. The molecule has 2 aliphatic heterocycles. The van der Waals surface area contributed by atoms with Gasteiger partial charge in [-0.3, -0.25) is 14.7 Å². The fourth-order valence-electron chi connectivity index (χ4n) is 5.69. The molecule has 0 unspecified atom stereocenters. The number of fused-ring (bicyclic) bond motifs is 3. The predicted molar refractivity (Wildman–Crippen MR) is 207 cm³/mol. The van der Waals surface area contributed by atoms with Crippen molar-refractivity contribution in [1.82, 2.24) is 25.3 Å². The monoisotopic (exact) mass is 742 g/mol. The molecule has 52 heavy (non-hydrogen) atoms. The first-order valence-corrected chi connectivity index (χ1v) is 19.1. The van der Waals surface area contributed by atoms with Gasteiger partial charge in [0.1, 0.15) is 16.9 Å². The largest absolute Gasteiger partial charge is 0.462 e. The van der Waals surface area contributed by atoms with Gasteiger partial charge < -0.3 is 20.7 Å². The number of anilines is 4. The number of hydrogen-bond donors (Lipinski definition) is 3. The maximum Gasteiger partial charge on any atom is 0.343 e. The second kappa shape index (κ2) is 17.3. The molecule has 272 valence electrons. The van der Waals surface area contributed by atoms with E-state index in [9.17, 15) is 14.4 Å². The van der Waals surface area contributed by atoms with Gasteiger partial charge in [0, 0.05) is 37.7 Å². The number of nitrogens with zero attached hydrogens (tertiary/aromatic N) is 7. The van der Waals surface area contributed by atoms with Crippen LogP contribution in [0.1, 0.15) is 49.9 Å². The van der Waals surface area contributed by atoms with E-state index in [2.05, 4.69) is 40.9 Å². The molecule has 16 heteroatoms. The number of esters is 1. The van der Waals surface area contributed by atoms with Gasteiger partial charge in [-0.15, -0.1) is 0 Å². The molecule has 0 atom stereocenters. The summed E-state index contributed by atoms with van der Waals surface area (Å²) in [7, 11) is 0. The average Bonchev–Trinajstić information content (AvgIpc) is 3.63. The number of benzene rings is 2. The smallest absolute Gasteiger partial charge is 0.343 e. The summed E-state index contributed by atoms with van der Waals surface area (Å²) in [6.45, 7) is 12.0. The SMILES string of the molecule is CCOC(=O)c1cnc(SC)nc1NCCNC(=O)Nc1c(C)cccc1C.CSc1ncc2c(n1)N1CCN=C1N(c1c(C)cccc1C)C2=O. The van der Waals surface area contributed by atoms with E-state index >= 15 is 0 Å². The van der Waals surface area contributed by atoms with Crippen molar-refractivity contribution in [2.75, 3.05) is 65.7 Å². The Balaban J connectivity index is 0.000000203. The second-order valence-electron chi connectivity index (χ2n) is 11.7. The maximum absolute atomic E-state index is 13.2. The number of nitrogens with one attached hydrogen (secondary N) is 3. The quantitative estimate of drug-likeness (QED) is 0.0766. The zero-order chi connectivity index (χ0) is 37.4. The summed E-state index contributed by atoms with van der Waals surface area (Å²) in [6.07, 6.45) is 6.85. The van der Waals surface area contributed by atoms with Crippen LogP contribution in [-0.2, 0) is 4.74 Å². The fourth-order valence-corrected chi connectivity index (χ4v) is 6.37. The molecule has 4 heterocycles. The third-order valence-corrected chi connectivity index (χ3v) is 9.29. The number of thioether (sulfide) groups is 2. The predicted octanol–water partition coefficient (Wildman–Crippen LogP) is 5.88. The number of aliphatic imine (C=N–C) groups is 1. The number of guanidine groups is 1. The van der Waals surface area contributed by atoms with Crippen LogP contribution >= 0.6 is 23.5 Å². The third-order valence-electron chi connectivity index (χ3n) is 8.17. The standard InChI is InChI=1S/C19H25N5O3S.C17H17N5OS/c1-5-27-17(25)14-11-22-19(28-4)24-16(14)20-9-10-21-18(26)23-15-12(2)7-6-8-13(15)3;1-10-5-4-6-11(2)13(10)22-15(23)12-9-19-16(24-3)20-14(12)21-8-7-18-17(21)22/h6-8,11H,5,9-10H2,1-4H3,(H,20,22,24)(H2,21,23,26);4-6,9H,7-8H2,1-3H3. The highest BCUT2D eigenvalue weighted by molar-refractivity contribution is 7.98. The summed E-state index contributed by atoms with van der Waals surface area (Å²) in [5, 5.41) is 9.90. The van der Waals surface area contributed by atoms with E-state index in [4.69, 9.17) is 4.74 Å². The molecule has 3 N–H and O–H groups in total. The van der Waals surface area contributed by atoms with Gasteiger partial charge in [-0.1, -0.05) is 59.9 Å². The van der Waals surface area contributed by atoms with Gasteiger partial charge >= 0.3 is 12.0 Å². The summed E-state index contributed by atoms with van der Waals surface area (Å²) < 4.78 is 5.03. The Morgan fingerprint density at radius 1 is 0.885 bits per heavy atom. The Morgan fingerprint density at radius 3 is 2.17 bits per heavy atom. The van der Waals surface area contributed by atoms with Crippen LogP contribution in [0.2, 0.25) is 0 Å². The molecule has 0 spiro atoms. The van der Waals surface area contributed by atoms with Crippen LogP contribution in [0.5, 0.6) is 0 Å². The molecule has 3 amide bonds. The van der Waals surface area contributed by atoms with Gasteiger partial charge in [-0.2, -0.15) is 0 Å². The van der Waals surface area contributed by atoms with Crippen LogP contribution < -0.4 is 25.8 Å². The minimum absolute atomic E-state index is 0.119. The van der Waals surface area contributed by atoms with Crippen molar-refractivity contribution in [1.29, 1.82) is 0 Å². The molecule has 0 aliphatic carbocycles. The molecule has 2 aliphatic rings. The summed E-state index contributed by atoms with van der Waals surface area (Å²) in [4.78, 5) is 62.9. The number of carbonyl (C=O) groups is 3. The number of urea groups is 1. The van der Waals surface area contributed by atoms with Crippen molar-refractivity contribution in [3.63, 3.8) is 0 Å². The summed E-state index contributed by atoms with van der Waals surface area (Å²) in [6, 6.07) is 11.6. The first-order valence-electron chi connectivity index (χ1n) is 16.6. The Bertz CT molecular complexity index is 1970. The highest BCUT2D eigenvalue weighted by atomic mass is 32.2. The van der Waals surface area contributed by atoms with Crippen molar-refractivity contribution in [3.05, 3.63) is 82.2 Å². The molecule has 14 nitrogen and oxygen atoms in total. The molecule has 6 rings (SSSR count). The maximum atomic E-state index is 13.2. The number of amides is 3. The van der Waals surface area contributed by atoms with E-state index in [0.29, 0.717) is 53.1 Å². The van der Waals surface area contributed by atoms with E-state index in [1.807, 2.05) is 81.5 Å². The number of carbonyl (C=O) groups excluding carboxylic acids is 3. The van der Waals surface area contributed by atoms with Crippen LogP contribution in [0.4, 0.5) is 27.8 Å². The number of aryl methyl sites for hydroxylation is 4. The molecular weight excluding hydrogens is 701 g/mol. The van der Waals surface area contributed by atoms with Crippen LogP contribution in [0.25, 0.3) is 0 Å². The first-order chi connectivity index (χ1) is 25.1. The molecular formula is C36H42N10O4S2. The van der Waals surface area contributed by atoms with E-state index in [-0.39, 0.29) is 24.1 Å². The molecule has 0 radical (unpaired) electrons. The minimum atomic E-state index is -0.488. The summed E-state index contributed by atoms with van der Waals surface area (Å²) >= 11 is 2.84. The van der Waals surface area contributed by atoms with Gasteiger partial charge in [0.25, 0.3) is 5.91 Å². The zero-order valence-electron chi connectivity index (χ0n) is 30.2. The Hall–Kier alpha value is -5.22. The number of rotatable bonds is 10. The van der Waals surface area contributed by atoms with E-state index < -0.39 is 5.97 Å². The van der Waals surface area contributed by atoms with Crippen molar-refractivity contribution in [2.45, 2.75) is 44.9 Å². The molecule has 2 aromatic carbocycles. The second-order valence-corrected chi connectivity index (χ2v) is 13.3. The van der Waals surface area contributed by atoms with Crippen molar-refractivity contribution >= 4 is 70.4 Å². The van der Waals surface area contributed by atoms with Gasteiger partial charge in [0.2, 0.25) is 5.96 Å². The highest BCUT2D eigenvalue weighted by Crippen LogP contribution is 2.35. The van der Waals surface area contributed by atoms with E-state index in [1.165, 1.54) is 29.7 Å². The Kier molecular flexibility index (Phi) is 12.7. The number of ether oxygens (including phenoxy) is 1. The molecule has 0 fully saturated rings. The lowest BCUT2D eigenvalue weighted by Crippen LogP contribution is -2.51. The Labute approximate surface area is 311 Å². The van der Waals surface area contributed by atoms with Gasteiger partial charge in [0.05, 0.1) is 18.8 Å². The van der Waals surface area contributed by atoms with Crippen LogP contribution in [-0.4, -0.2) is 89.1 Å². The molecule has 0 saturated heterocycles. The van der Waals surface area contributed by atoms with Gasteiger partial charge in [-0.05, 0) is 69.4 Å². The molecule has 0 bridgehead atoms. The fraction of sp³-hybridized carbons (Fsp3) is 0.333. The first kappa shape index (κ1) is 38.0. The third kappa shape index (κ3) is 8.45. The molecule has 0 saturated carbocycles. The minimum Gasteiger partial charge on any atom is -0.462 e. The van der Waals surface area contributed by atoms with Gasteiger partial charge in [-0.25, -0.2) is 34.4 Å². The van der Waals surface area contributed by atoms with Crippen LogP contribution in [0, 0.1) is 27.7 Å². The highest BCUT2D eigenvalue weighted by Gasteiger charge is 2.40. The lowest BCUT2D eigenvalue weighted by Gasteiger charge is -2.36. The van der Waals surface area contributed by atoms with Crippen molar-refractivity contribution < 1.29 is 19.1 Å².